The van der Waals surface area contributed by atoms with Gasteiger partial charge in [-0.3, -0.25) is 0 Å². The summed E-state index contributed by atoms with van der Waals surface area (Å²) in [6, 6.07) is 5.75. The first kappa shape index (κ1) is 8.10. The van der Waals surface area contributed by atoms with Crippen molar-refractivity contribution in [3.63, 3.8) is 0 Å². The lowest BCUT2D eigenvalue weighted by Gasteiger charge is -1.97. The summed E-state index contributed by atoms with van der Waals surface area (Å²) in [4.78, 5) is 7.58. The molecule has 67 valence electrons. The first-order chi connectivity index (χ1) is 6.35. The van der Waals surface area contributed by atoms with Crippen molar-refractivity contribution >= 4 is 11.0 Å². The van der Waals surface area contributed by atoms with Crippen LogP contribution in [-0.4, -0.2) is 9.97 Å². The first-order valence-corrected chi connectivity index (χ1v) is 4.24. The van der Waals surface area contributed by atoms with Gasteiger partial charge >= 0.3 is 0 Å². The van der Waals surface area contributed by atoms with Gasteiger partial charge < -0.3 is 9.72 Å². The number of hydrogen-bond donors (Lipinski definition) is 1. The maximum atomic E-state index is 4.95. The van der Waals surface area contributed by atoms with E-state index in [2.05, 4.69) is 24.0 Å². The molecule has 0 aliphatic rings. The van der Waals surface area contributed by atoms with Gasteiger partial charge in [-0.1, -0.05) is 13.0 Å². The summed E-state index contributed by atoms with van der Waals surface area (Å²) in [5.41, 5.74) is 1.85. The Morgan fingerprint density at radius 1 is 1.54 bits per heavy atom. The minimum atomic E-state index is 0.716. The number of aromatic amines is 1. The summed E-state index contributed by atoms with van der Waals surface area (Å²) in [6.45, 7) is 2.06. The molecule has 3 heteroatoms. The van der Waals surface area contributed by atoms with Gasteiger partial charge in [-0.15, -0.1) is 0 Å². The number of hydrogen-bond acceptors (Lipinski definition) is 2. The summed E-state index contributed by atoms with van der Waals surface area (Å²) in [7, 11) is 3.39. The Kier molecular flexibility index (Phi) is 1.93. The third-order valence-corrected chi connectivity index (χ3v) is 2.02. The highest BCUT2D eigenvalue weighted by atomic mass is 16.5. The van der Waals surface area contributed by atoms with E-state index in [9.17, 15) is 0 Å². The van der Waals surface area contributed by atoms with Crippen LogP contribution in [0.4, 0.5) is 0 Å². The van der Waals surface area contributed by atoms with Gasteiger partial charge in [-0.25, -0.2) is 4.98 Å². The summed E-state index contributed by atoms with van der Waals surface area (Å²) < 4.78 is 4.95. The average Bonchev–Trinajstić information content (AvgIpc) is 2.59. The zero-order chi connectivity index (χ0) is 9.26. The van der Waals surface area contributed by atoms with Gasteiger partial charge in [0.2, 0.25) is 0 Å². The van der Waals surface area contributed by atoms with Crippen molar-refractivity contribution in [3.8, 4) is 5.75 Å². The molecule has 1 radical (unpaired) electrons. The molecule has 0 aliphatic heterocycles. The lowest BCUT2D eigenvalue weighted by molar-refractivity contribution is 0.477. The van der Waals surface area contributed by atoms with Crippen molar-refractivity contribution in [2.24, 2.45) is 0 Å². The lowest BCUT2D eigenvalue weighted by atomic mass is 10.3. The molecule has 0 aliphatic carbocycles. The highest BCUT2D eigenvalue weighted by molar-refractivity contribution is 5.81. The molecule has 0 amide bonds. The SMILES string of the molecule is [CH2]Oc1cccc2[nH]c(CC)nc12. The van der Waals surface area contributed by atoms with E-state index in [4.69, 9.17) is 4.74 Å². The smallest absolute Gasteiger partial charge is 0.147 e. The van der Waals surface area contributed by atoms with Crippen LogP contribution in [0.15, 0.2) is 18.2 Å². The van der Waals surface area contributed by atoms with Crippen LogP contribution in [0.1, 0.15) is 12.7 Å². The van der Waals surface area contributed by atoms with E-state index in [1.165, 1.54) is 0 Å². The first-order valence-electron chi connectivity index (χ1n) is 4.24. The number of para-hydroxylation sites is 1. The average molecular weight is 175 g/mol. The van der Waals surface area contributed by atoms with E-state index in [0.717, 1.165) is 23.3 Å². The molecule has 0 spiro atoms. The van der Waals surface area contributed by atoms with Gasteiger partial charge in [-0.2, -0.15) is 0 Å². The summed E-state index contributed by atoms with van der Waals surface area (Å²) in [6.07, 6.45) is 0.894. The lowest BCUT2D eigenvalue weighted by Crippen LogP contribution is -1.81. The van der Waals surface area contributed by atoms with Crippen molar-refractivity contribution in [2.75, 3.05) is 0 Å². The van der Waals surface area contributed by atoms with Gasteiger partial charge in [0, 0.05) is 6.42 Å². The number of aryl methyl sites for hydroxylation is 1. The molecule has 0 bridgehead atoms. The highest BCUT2D eigenvalue weighted by Gasteiger charge is 2.05. The zero-order valence-corrected chi connectivity index (χ0v) is 7.50. The number of H-pyrrole nitrogens is 1. The highest BCUT2D eigenvalue weighted by Crippen LogP contribution is 2.23. The summed E-state index contributed by atoms with van der Waals surface area (Å²) >= 11 is 0. The number of nitrogens with one attached hydrogen (secondary N) is 1. The molecule has 1 heterocycles. The predicted molar refractivity (Wildman–Crippen MR) is 51.5 cm³/mol. The van der Waals surface area contributed by atoms with Crippen LogP contribution in [0, 0.1) is 7.11 Å². The molecule has 0 unspecified atom stereocenters. The van der Waals surface area contributed by atoms with Crippen LogP contribution in [0.2, 0.25) is 0 Å². The number of nitrogens with zero attached hydrogens (tertiary/aromatic N) is 1. The Morgan fingerprint density at radius 2 is 2.38 bits per heavy atom. The maximum absolute atomic E-state index is 4.95. The second kappa shape index (κ2) is 3.09. The fraction of sp³-hybridized carbons (Fsp3) is 0.200. The number of imidazole rings is 1. The normalized spacial score (nSPS) is 10.6. The van der Waals surface area contributed by atoms with Crippen LogP contribution in [0.25, 0.3) is 11.0 Å². The minimum Gasteiger partial charge on any atom is -0.488 e. The quantitative estimate of drug-likeness (QED) is 0.760. The van der Waals surface area contributed by atoms with Crippen molar-refractivity contribution in [1.29, 1.82) is 0 Å². The third-order valence-electron chi connectivity index (χ3n) is 2.02. The largest absolute Gasteiger partial charge is 0.488 e. The molecule has 0 saturated heterocycles. The standard InChI is InChI=1S/C10H11N2O/c1-3-9-11-7-5-4-6-8(13-2)10(7)12-9/h4-6H,2-3H2,1H3,(H,11,12). The van der Waals surface area contributed by atoms with Crippen LogP contribution < -0.4 is 4.74 Å². The molecule has 0 atom stereocenters. The maximum Gasteiger partial charge on any atom is 0.147 e. The van der Waals surface area contributed by atoms with E-state index < -0.39 is 0 Å². The van der Waals surface area contributed by atoms with E-state index in [-0.39, 0.29) is 0 Å². The van der Waals surface area contributed by atoms with Crippen LogP contribution in [-0.2, 0) is 6.42 Å². The molecule has 1 aromatic carbocycles. The van der Waals surface area contributed by atoms with E-state index >= 15 is 0 Å². The van der Waals surface area contributed by atoms with Crippen molar-refractivity contribution in [3.05, 3.63) is 31.1 Å². The minimum absolute atomic E-state index is 0.716. The molecule has 13 heavy (non-hydrogen) atoms. The van der Waals surface area contributed by atoms with Crippen LogP contribution >= 0.6 is 0 Å². The summed E-state index contributed by atoms with van der Waals surface area (Å²) in [5.74, 6) is 1.69. The van der Waals surface area contributed by atoms with Crippen LogP contribution in [0.5, 0.6) is 5.75 Å². The fourth-order valence-electron chi connectivity index (χ4n) is 1.34. The van der Waals surface area contributed by atoms with Gasteiger partial charge in [0.05, 0.1) is 5.52 Å². The van der Waals surface area contributed by atoms with Gasteiger partial charge in [0.1, 0.15) is 24.2 Å². The number of rotatable bonds is 2. The van der Waals surface area contributed by atoms with Crippen LogP contribution in [0.3, 0.4) is 0 Å². The number of benzene rings is 1. The van der Waals surface area contributed by atoms with E-state index in [1.54, 1.807) is 0 Å². The Morgan fingerprint density at radius 3 is 3.08 bits per heavy atom. The molecule has 1 aromatic heterocycles. The van der Waals surface area contributed by atoms with Crippen molar-refractivity contribution < 1.29 is 4.74 Å². The Labute approximate surface area is 76.8 Å². The monoisotopic (exact) mass is 175 g/mol. The molecule has 0 fully saturated rings. The third kappa shape index (κ3) is 1.26. The molecule has 1 N–H and O–H groups in total. The van der Waals surface area contributed by atoms with Crippen molar-refractivity contribution in [2.45, 2.75) is 13.3 Å². The van der Waals surface area contributed by atoms with Gasteiger partial charge in [0.15, 0.2) is 0 Å². The van der Waals surface area contributed by atoms with Gasteiger partial charge in [0.25, 0.3) is 0 Å². The molecule has 0 saturated carbocycles. The molecule has 2 rings (SSSR count). The second-order valence-electron chi connectivity index (χ2n) is 2.83. The fourth-order valence-corrected chi connectivity index (χ4v) is 1.34. The number of ether oxygens (including phenoxy) is 1. The van der Waals surface area contributed by atoms with Crippen molar-refractivity contribution in [1.82, 2.24) is 9.97 Å². The molecular weight excluding hydrogens is 164 g/mol. The predicted octanol–water partition coefficient (Wildman–Crippen LogP) is 2.30. The van der Waals surface area contributed by atoms with Gasteiger partial charge in [-0.05, 0) is 12.1 Å². The summed E-state index contributed by atoms with van der Waals surface area (Å²) in [5, 5.41) is 0. The zero-order valence-electron chi connectivity index (χ0n) is 7.50. The molecule has 2 aromatic rings. The Hall–Kier alpha value is -1.51. The Bertz CT molecular complexity index is 420. The molecular formula is C10H11N2O. The topological polar surface area (TPSA) is 37.9 Å². The Balaban J connectivity index is 2.67. The van der Waals surface area contributed by atoms with E-state index in [0.29, 0.717) is 5.75 Å². The number of aromatic nitrogens is 2. The molecule has 3 nitrogen and oxygen atoms in total. The van der Waals surface area contributed by atoms with E-state index in [1.807, 2.05) is 18.2 Å². The second-order valence-corrected chi connectivity index (χ2v) is 2.83. The number of fused-ring (bicyclic) bond motifs is 1.